The fourth-order valence-electron chi connectivity index (χ4n) is 2.65. The van der Waals surface area contributed by atoms with Crippen molar-refractivity contribution in [2.24, 2.45) is 5.92 Å². The van der Waals surface area contributed by atoms with Crippen molar-refractivity contribution in [1.82, 2.24) is 10.2 Å². The van der Waals surface area contributed by atoms with Crippen LogP contribution in [0.15, 0.2) is 0 Å². The molecule has 2 aliphatic carbocycles. The third-order valence-corrected chi connectivity index (χ3v) is 4.34. The van der Waals surface area contributed by atoms with E-state index >= 15 is 0 Å². The summed E-state index contributed by atoms with van der Waals surface area (Å²) in [7, 11) is 0. The molecule has 1 unspecified atom stereocenters. The van der Waals surface area contributed by atoms with E-state index in [1.807, 2.05) is 0 Å². The predicted octanol–water partition coefficient (Wildman–Crippen LogP) is 2.00. The molecule has 2 aliphatic rings. The maximum Gasteiger partial charge on any atom is 0.0610 e. The fraction of sp³-hybridized carbons (Fsp3) is 1.00. The minimum Gasteiger partial charge on any atom is -0.394 e. The van der Waals surface area contributed by atoms with E-state index in [0.717, 1.165) is 12.3 Å². The number of aliphatic hydroxyl groups excluding tert-OH is 1. The molecule has 0 heterocycles. The molecular weight excluding hydrogens is 224 g/mol. The molecule has 1 atom stereocenters. The van der Waals surface area contributed by atoms with Gasteiger partial charge in [-0.1, -0.05) is 6.92 Å². The fourth-order valence-corrected chi connectivity index (χ4v) is 2.65. The number of rotatable bonds is 10. The van der Waals surface area contributed by atoms with E-state index in [2.05, 4.69) is 24.1 Å². The van der Waals surface area contributed by atoms with Crippen LogP contribution >= 0.6 is 0 Å². The highest BCUT2D eigenvalue weighted by atomic mass is 16.3. The molecule has 2 saturated carbocycles. The van der Waals surface area contributed by atoms with E-state index < -0.39 is 0 Å². The lowest BCUT2D eigenvalue weighted by molar-refractivity contribution is 0.154. The molecule has 106 valence electrons. The van der Waals surface area contributed by atoms with Crippen molar-refractivity contribution in [1.29, 1.82) is 0 Å². The first kappa shape index (κ1) is 14.3. The van der Waals surface area contributed by atoms with E-state index in [4.69, 9.17) is 0 Å². The quantitative estimate of drug-likeness (QED) is 0.626. The highest BCUT2D eigenvalue weighted by Gasteiger charge is 2.31. The summed E-state index contributed by atoms with van der Waals surface area (Å²) >= 11 is 0. The van der Waals surface area contributed by atoms with Crippen molar-refractivity contribution < 1.29 is 5.11 Å². The van der Waals surface area contributed by atoms with Crippen molar-refractivity contribution in [2.45, 2.75) is 64.0 Å². The van der Waals surface area contributed by atoms with Crippen LogP contribution in [0, 0.1) is 5.92 Å². The Labute approximate surface area is 112 Å². The Bertz CT molecular complexity index is 251. The zero-order valence-electron chi connectivity index (χ0n) is 12.1. The van der Waals surface area contributed by atoms with Gasteiger partial charge in [-0.3, -0.25) is 0 Å². The van der Waals surface area contributed by atoms with Crippen LogP contribution in [0.3, 0.4) is 0 Å². The molecular formula is C15H30N2O. The summed E-state index contributed by atoms with van der Waals surface area (Å²) in [6, 6.07) is 0.677. The van der Waals surface area contributed by atoms with Gasteiger partial charge in [0.2, 0.25) is 0 Å². The third kappa shape index (κ3) is 4.87. The molecule has 3 nitrogen and oxygen atoms in total. The Morgan fingerprint density at radius 1 is 1.28 bits per heavy atom. The van der Waals surface area contributed by atoms with Gasteiger partial charge in [-0.05, 0) is 64.5 Å². The topological polar surface area (TPSA) is 35.5 Å². The number of aliphatic hydroxyl groups is 1. The summed E-state index contributed by atoms with van der Waals surface area (Å²) in [5.74, 6) is 0.985. The van der Waals surface area contributed by atoms with Crippen molar-refractivity contribution >= 4 is 0 Å². The van der Waals surface area contributed by atoms with Crippen molar-refractivity contribution in [3.8, 4) is 0 Å². The average Bonchev–Trinajstić information content (AvgIpc) is 3.23. The van der Waals surface area contributed by atoms with Gasteiger partial charge in [0, 0.05) is 18.1 Å². The van der Waals surface area contributed by atoms with Crippen LogP contribution in [0.4, 0.5) is 0 Å². The van der Waals surface area contributed by atoms with Gasteiger partial charge < -0.3 is 15.3 Å². The Hall–Kier alpha value is -0.120. The van der Waals surface area contributed by atoms with Gasteiger partial charge in [0.15, 0.2) is 0 Å². The molecule has 0 aromatic heterocycles. The Balaban J connectivity index is 1.64. The van der Waals surface area contributed by atoms with Crippen LogP contribution < -0.4 is 5.32 Å². The first-order chi connectivity index (χ1) is 8.65. The molecule has 0 aliphatic heterocycles. The lowest BCUT2D eigenvalue weighted by atomic mass is 9.96. The SMILES string of the molecule is CCN(CCCC(C)(CO)NC1CC1)CC1CC1. The first-order valence-electron chi connectivity index (χ1n) is 7.76. The largest absolute Gasteiger partial charge is 0.394 e. The van der Waals surface area contributed by atoms with Gasteiger partial charge in [-0.2, -0.15) is 0 Å². The van der Waals surface area contributed by atoms with Crippen LogP contribution in [0.5, 0.6) is 0 Å². The molecule has 0 saturated heterocycles. The Morgan fingerprint density at radius 2 is 2.00 bits per heavy atom. The summed E-state index contributed by atoms with van der Waals surface area (Å²) in [6.45, 7) is 8.34. The van der Waals surface area contributed by atoms with Crippen LogP contribution in [0.1, 0.15) is 52.4 Å². The standard InChI is InChI=1S/C15H30N2O/c1-3-17(11-13-5-6-13)10-4-9-15(2,12-18)16-14-7-8-14/h13-14,16,18H,3-12H2,1-2H3. The maximum absolute atomic E-state index is 9.56. The number of hydrogen-bond donors (Lipinski definition) is 2. The van der Waals surface area contributed by atoms with Gasteiger partial charge in [0.1, 0.15) is 0 Å². The second-order valence-corrected chi connectivity index (χ2v) is 6.58. The van der Waals surface area contributed by atoms with Crippen LogP contribution in [-0.2, 0) is 0 Å². The van der Waals surface area contributed by atoms with Crippen LogP contribution in [0.25, 0.3) is 0 Å². The summed E-state index contributed by atoms with van der Waals surface area (Å²) in [4.78, 5) is 2.58. The monoisotopic (exact) mass is 254 g/mol. The van der Waals surface area contributed by atoms with Crippen molar-refractivity contribution in [2.75, 3.05) is 26.2 Å². The van der Waals surface area contributed by atoms with Crippen LogP contribution in [-0.4, -0.2) is 47.8 Å². The van der Waals surface area contributed by atoms with Gasteiger partial charge in [0.25, 0.3) is 0 Å². The molecule has 0 spiro atoms. The zero-order chi connectivity index (χ0) is 13.0. The van der Waals surface area contributed by atoms with Gasteiger partial charge in [-0.15, -0.1) is 0 Å². The van der Waals surface area contributed by atoms with Gasteiger partial charge in [-0.25, -0.2) is 0 Å². The number of hydrogen-bond acceptors (Lipinski definition) is 3. The predicted molar refractivity (Wildman–Crippen MR) is 75.7 cm³/mol. The second-order valence-electron chi connectivity index (χ2n) is 6.58. The number of nitrogens with one attached hydrogen (secondary N) is 1. The van der Waals surface area contributed by atoms with E-state index in [0.29, 0.717) is 6.04 Å². The minimum absolute atomic E-state index is 0.0554. The Morgan fingerprint density at radius 3 is 2.50 bits per heavy atom. The highest BCUT2D eigenvalue weighted by molar-refractivity contribution is 4.92. The summed E-state index contributed by atoms with van der Waals surface area (Å²) < 4.78 is 0. The molecule has 2 fully saturated rings. The molecule has 2 rings (SSSR count). The summed E-state index contributed by atoms with van der Waals surface area (Å²) in [6.07, 6.45) is 7.73. The molecule has 3 heteroatoms. The molecule has 0 aromatic rings. The Kier molecular flexibility index (Phi) is 5.05. The van der Waals surface area contributed by atoms with Crippen molar-refractivity contribution in [3.05, 3.63) is 0 Å². The van der Waals surface area contributed by atoms with E-state index in [1.54, 1.807) is 0 Å². The minimum atomic E-state index is -0.0554. The average molecular weight is 254 g/mol. The highest BCUT2D eigenvalue weighted by Crippen LogP contribution is 2.30. The molecule has 0 aromatic carbocycles. The lowest BCUT2D eigenvalue weighted by Gasteiger charge is -2.30. The summed E-state index contributed by atoms with van der Waals surface area (Å²) in [5.41, 5.74) is -0.0554. The van der Waals surface area contributed by atoms with Crippen LogP contribution in [0.2, 0.25) is 0 Å². The van der Waals surface area contributed by atoms with E-state index in [9.17, 15) is 5.11 Å². The molecule has 18 heavy (non-hydrogen) atoms. The summed E-state index contributed by atoms with van der Waals surface area (Å²) in [5, 5.41) is 13.2. The smallest absolute Gasteiger partial charge is 0.0610 e. The lowest BCUT2D eigenvalue weighted by Crippen LogP contribution is -2.47. The van der Waals surface area contributed by atoms with Gasteiger partial charge in [0.05, 0.1) is 6.61 Å². The maximum atomic E-state index is 9.56. The molecule has 0 amide bonds. The molecule has 0 bridgehead atoms. The zero-order valence-corrected chi connectivity index (χ0v) is 12.1. The molecule has 2 N–H and O–H groups in total. The van der Waals surface area contributed by atoms with Gasteiger partial charge >= 0.3 is 0 Å². The molecule has 0 radical (unpaired) electrons. The third-order valence-electron chi connectivity index (χ3n) is 4.34. The van der Waals surface area contributed by atoms with E-state index in [-0.39, 0.29) is 12.1 Å². The van der Waals surface area contributed by atoms with E-state index in [1.165, 1.54) is 51.7 Å². The first-order valence-corrected chi connectivity index (χ1v) is 7.76. The number of nitrogens with zero attached hydrogens (tertiary/aromatic N) is 1. The second kappa shape index (κ2) is 6.36. The van der Waals surface area contributed by atoms with Crippen molar-refractivity contribution in [3.63, 3.8) is 0 Å². The normalized spacial score (nSPS) is 23.3.